The molecular formula is C13H22F2N2S. The smallest absolute Gasteiger partial charge is 0.251 e. The average Bonchev–Trinajstić information content (AvgIpc) is 2.60. The van der Waals surface area contributed by atoms with Crippen LogP contribution in [-0.4, -0.2) is 30.5 Å². The fraction of sp³-hybridized carbons (Fsp3) is 0.692. The van der Waals surface area contributed by atoms with Gasteiger partial charge in [-0.25, -0.2) is 8.78 Å². The largest absolute Gasteiger partial charge is 0.307 e. The summed E-state index contributed by atoms with van der Waals surface area (Å²) >= 11 is 1.68. The van der Waals surface area contributed by atoms with Gasteiger partial charge in [-0.05, 0) is 40.0 Å². The van der Waals surface area contributed by atoms with Crippen LogP contribution in [-0.2, 0) is 13.1 Å². The summed E-state index contributed by atoms with van der Waals surface area (Å²) in [7, 11) is 1.72. The van der Waals surface area contributed by atoms with E-state index >= 15 is 0 Å². The zero-order chi connectivity index (χ0) is 13.8. The van der Waals surface area contributed by atoms with Gasteiger partial charge in [0.2, 0.25) is 0 Å². The van der Waals surface area contributed by atoms with E-state index in [1.54, 1.807) is 23.3 Å². The van der Waals surface area contributed by atoms with E-state index in [-0.39, 0.29) is 12.1 Å². The minimum atomic E-state index is -2.27. The molecule has 104 valence electrons. The fourth-order valence-electron chi connectivity index (χ4n) is 1.52. The van der Waals surface area contributed by atoms with Gasteiger partial charge >= 0.3 is 0 Å². The molecule has 0 saturated carbocycles. The number of nitrogens with one attached hydrogen (secondary N) is 1. The van der Waals surface area contributed by atoms with Gasteiger partial charge in [0.1, 0.15) is 0 Å². The summed E-state index contributed by atoms with van der Waals surface area (Å²) < 4.78 is 24.4. The van der Waals surface area contributed by atoms with Crippen molar-refractivity contribution in [1.29, 1.82) is 0 Å². The molecule has 0 saturated heterocycles. The van der Waals surface area contributed by atoms with E-state index < -0.39 is 6.43 Å². The molecule has 5 heteroatoms. The van der Waals surface area contributed by atoms with Crippen LogP contribution in [0.5, 0.6) is 0 Å². The zero-order valence-corrected chi connectivity index (χ0v) is 12.3. The van der Waals surface area contributed by atoms with E-state index in [4.69, 9.17) is 0 Å². The number of alkyl halides is 2. The summed E-state index contributed by atoms with van der Waals surface area (Å²) in [5, 5.41) is 3.41. The van der Waals surface area contributed by atoms with Crippen LogP contribution < -0.4 is 5.32 Å². The highest BCUT2D eigenvalue weighted by molar-refractivity contribution is 7.11. The number of hydrogen-bond donors (Lipinski definition) is 1. The molecule has 0 fully saturated rings. The Morgan fingerprint density at radius 1 is 1.28 bits per heavy atom. The quantitative estimate of drug-likeness (QED) is 0.857. The third kappa shape index (κ3) is 6.42. The highest BCUT2D eigenvalue weighted by Gasteiger charge is 2.11. The van der Waals surface area contributed by atoms with Gasteiger partial charge in [-0.15, -0.1) is 11.3 Å². The van der Waals surface area contributed by atoms with Crippen molar-refractivity contribution in [3.05, 3.63) is 21.9 Å². The van der Waals surface area contributed by atoms with Gasteiger partial charge in [-0.1, -0.05) is 0 Å². The fourth-order valence-corrected chi connectivity index (χ4v) is 2.56. The first kappa shape index (κ1) is 15.5. The maximum Gasteiger partial charge on any atom is 0.251 e. The molecule has 0 aliphatic rings. The predicted octanol–water partition coefficient (Wildman–Crippen LogP) is 3.33. The van der Waals surface area contributed by atoms with Crippen molar-refractivity contribution in [3.8, 4) is 0 Å². The lowest BCUT2D eigenvalue weighted by molar-refractivity contribution is 0.0979. The van der Waals surface area contributed by atoms with Gasteiger partial charge in [-0.2, -0.15) is 0 Å². The van der Waals surface area contributed by atoms with Gasteiger partial charge < -0.3 is 5.32 Å². The van der Waals surface area contributed by atoms with E-state index in [1.165, 1.54) is 4.88 Å². The predicted molar refractivity (Wildman–Crippen MR) is 73.2 cm³/mol. The van der Waals surface area contributed by atoms with Crippen LogP contribution in [0, 0.1) is 0 Å². The lowest BCUT2D eigenvalue weighted by Crippen LogP contribution is -2.34. The van der Waals surface area contributed by atoms with Crippen molar-refractivity contribution in [1.82, 2.24) is 10.2 Å². The van der Waals surface area contributed by atoms with E-state index in [0.717, 1.165) is 11.4 Å². The molecule has 1 rings (SSSR count). The summed E-state index contributed by atoms with van der Waals surface area (Å²) in [6, 6.07) is 4.08. The van der Waals surface area contributed by atoms with Gasteiger partial charge in [0.15, 0.2) is 0 Å². The molecule has 1 aromatic heterocycles. The van der Waals surface area contributed by atoms with Crippen molar-refractivity contribution in [2.24, 2.45) is 0 Å². The van der Waals surface area contributed by atoms with Crippen molar-refractivity contribution in [3.63, 3.8) is 0 Å². The lowest BCUT2D eigenvalue weighted by atomic mass is 10.1. The molecule has 18 heavy (non-hydrogen) atoms. The van der Waals surface area contributed by atoms with E-state index in [2.05, 4.69) is 32.2 Å². The first-order valence-electron chi connectivity index (χ1n) is 6.05. The molecule has 0 atom stereocenters. The van der Waals surface area contributed by atoms with Crippen molar-refractivity contribution in [2.75, 3.05) is 13.6 Å². The maximum absolute atomic E-state index is 12.2. The highest BCUT2D eigenvalue weighted by Crippen LogP contribution is 2.19. The van der Waals surface area contributed by atoms with E-state index in [0.29, 0.717) is 6.54 Å². The van der Waals surface area contributed by atoms with Crippen LogP contribution in [0.3, 0.4) is 0 Å². The monoisotopic (exact) mass is 276 g/mol. The molecule has 1 heterocycles. The molecular weight excluding hydrogens is 254 g/mol. The normalized spacial score (nSPS) is 12.7. The van der Waals surface area contributed by atoms with Crippen molar-refractivity contribution < 1.29 is 8.78 Å². The second-order valence-electron chi connectivity index (χ2n) is 5.56. The van der Waals surface area contributed by atoms with Gasteiger partial charge in [0.25, 0.3) is 6.43 Å². The third-order valence-corrected chi connectivity index (χ3v) is 3.46. The van der Waals surface area contributed by atoms with Crippen LogP contribution in [0.25, 0.3) is 0 Å². The molecule has 0 amide bonds. The Kier molecular flexibility index (Phi) is 5.69. The van der Waals surface area contributed by atoms with Crippen LogP contribution in [0.1, 0.15) is 30.5 Å². The molecule has 0 aliphatic carbocycles. The third-order valence-electron chi connectivity index (χ3n) is 2.39. The molecule has 0 bridgehead atoms. The Balaban J connectivity index is 2.43. The highest BCUT2D eigenvalue weighted by atomic mass is 32.1. The Morgan fingerprint density at radius 3 is 2.44 bits per heavy atom. The Labute approximate surface area is 112 Å². The second-order valence-corrected chi connectivity index (χ2v) is 6.81. The van der Waals surface area contributed by atoms with Gasteiger partial charge in [-0.3, -0.25) is 4.90 Å². The standard InChI is InChI=1S/C13H22F2N2S/c1-13(2,3)16-7-10-5-6-11(18-10)8-17(4)9-12(14)15/h5-6,12,16H,7-9H2,1-4H3. The topological polar surface area (TPSA) is 15.3 Å². The van der Waals surface area contributed by atoms with Crippen molar-refractivity contribution >= 4 is 11.3 Å². The van der Waals surface area contributed by atoms with Gasteiger partial charge in [0, 0.05) is 28.4 Å². The number of thiophene rings is 1. The summed E-state index contributed by atoms with van der Waals surface area (Å²) in [5.41, 5.74) is 0.0939. The molecule has 0 aliphatic heterocycles. The number of rotatable bonds is 6. The summed E-state index contributed by atoms with van der Waals surface area (Å²) in [5.74, 6) is 0. The number of nitrogens with zero attached hydrogens (tertiary/aromatic N) is 1. The van der Waals surface area contributed by atoms with Crippen LogP contribution in [0.4, 0.5) is 8.78 Å². The number of hydrogen-bond acceptors (Lipinski definition) is 3. The van der Waals surface area contributed by atoms with Crippen LogP contribution in [0.15, 0.2) is 12.1 Å². The van der Waals surface area contributed by atoms with E-state index in [1.807, 2.05) is 6.07 Å². The van der Waals surface area contributed by atoms with Crippen LogP contribution in [0.2, 0.25) is 0 Å². The summed E-state index contributed by atoms with van der Waals surface area (Å²) in [6.07, 6.45) is -2.27. The Morgan fingerprint density at radius 2 is 1.89 bits per heavy atom. The van der Waals surface area contributed by atoms with Crippen molar-refractivity contribution in [2.45, 2.75) is 45.8 Å². The Bertz CT molecular complexity index is 358. The second kappa shape index (κ2) is 6.59. The first-order valence-corrected chi connectivity index (χ1v) is 6.87. The zero-order valence-electron chi connectivity index (χ0n) is 11.5. The Hall–Kier alpha value is -0.520. The minimum Gasteiger partial charge on any atom is -0.307 e. The molecule has 0 spiro atoms. The lowest BCUT2D eigenvalue weighted by Gasteiger charge is -2.19. The molecule has 1 N–H and O–H groups in total. The number of halogens is 2. The first-order chi connectivity index (χ1) is 8.26. The molecule has 1 aromatic rings. The van der Waals surface area contributed by atoms with Crippen LogP contribution >= 0.6 is 11.3 Å². The average molecular weight is 276 g/mol. The SMILES string of the molecule is CN(Cc1ccc(CNC(C)(C)C)s1)CC(F)F. The van der Waals surface area contributed by atoms with Gasteiger partial charge in [0.05, 0.1) is 6.54 Å². The summed E-state index contributed by atoms with van der Waals surface area (Å²) in [4.78, 5) is 4.02. The molecule has 0 aromatic carbocycles. The molecule has 0 unspecified atom stereocenters. The molecule has 0 radical (unpaired) electrons. The van der Waals surface area contributed by atoms with E-state index in [9.17, 15) is 8.78 Å². The molecule has 2 nitrogen and oxygen atoms in total. The minimum absolute atomic E-state index is 0.0939. The maximum atomic E-state index is 12.2. The summed E-state index contributed by atoms with van der Waals surface area (Å²) in [6.45, 7) is 7.61.